The maximum atomic E-state index is 12.2. The van der Waals surface area contributed by atoms with Gasteiger partial charge in [-0.3, -0.25) is 0 Å². The second-order valence-corrected chi connectivity index (χ2v) is 6.54. The fraction of sp³-hybridized carbons (Fsp3) is 0.533. The lowest BCUT2D eigenvalue weighted by atomic mass is 10.0. The highest BCUT2D eigenvalue weighted by atomic mass is 35.5. The number of carbonyl (C=O) groups excluding carboxylic acids is 1. The zero-order valence-electron chi connectivity index (χ0n) is 12.3. The van der Waals surface area contributed by atoms with Crippen LogP contribution < -0.4 is 10.6 Å². The van der Waals surface area contributed by atoms with Crippen LogP contribution in [0.4, 0.5) is 10.5 Å². The molecule has 1 fully saturated rings. The van der Waals surface area contributed by atoms with Crippen molar-refractivity contribution in [3.8, 4) is 0 Å². The van der Waals surface area contributed by atoms with Gasteiger partial charge in [0.1, 0.15) is 0 Å². The Morgan fingerprint density at radius 3 is 2.29 bits per heavy atom. The minimum atomic E-state index is -0.101. The summed E-state index contributed by atoms with van der Waals surface area (Å²) in [6.07, 6.45) is 1.95. The second-order valence-electron chi connectivity index (χ2n) is 5.67. The normalized spacial score (nSPS) is 16.3. The number of nitrogens with zero attached hydrogens (tertiary/aromatic N) is 1. The summed E-state index contributed by atoms with van der Waals surface area (Å²) in [6.45, 7) is 5.79. The van der Waals surface area contributed by atoms with Crippen LogP contribution in [0.2, 0.25) is 10.0 Å². The number of rotatable bonds is 3. The number of piperidine rings is 1. The van der Waals surface area contributed by atoms with Crippen molar-refractivity contribution in [3.05, 3.63) is 28.2 Å². The van der Waals surface area contributed by atoms with E-state index < -0.39 is 0 Å². The minimum absolute atomic E-state index is 0.101. The fourth-order valence-electron chi connectivity index (χ4n) is 2.55. The molecule has 1 saturated heterocycles. The number of halogens is 2. The third-order valence-electron chi connectivity index (χ3n) is 3.47. The van der Waals surface area contributed by atoms with Crippen LogP contribution in [0.25, 0.3) is 0 Å². The molecule has 21 heavy (non-hydrogen) atoms. The Bertz CT molecular complexity index is 479. The predicted molar refractivity (Wildman–Crippen MR) is 88.3 cm³/mol. The van der Waals surface area contributed by atoms with Gasteiger partial charge in [0, 0.05) is 40.9 Å². The average Bonchev–Trinajstić information content (AvgIpc) is 2.37. The Labute approximate surface area is 135 Å². The molecule has 116 valence electrons. The lowest BCUT2D eigenvalue weighted by Crippen LogP contribution is -2.47. The van der Waals surface area contributed by atoms with Crippen LogP contribution in [-0.4, -0.2) is 36.1 Å². The van der Waals surface area contributed by atoms with E-state index in [0.29, 0.717) is 27.8 Å². The zero-order valence-corrected chi connectivity index (χ0v) is 13.8. The lowest BCUT2D eigenvalue weighted by Gasteiger charge is -2.33. The van der Waals surface area contributed by atoms with Gasteiger partial charge in [0.25, 0.3) is 0 Å². The molecule has 2 amide bonds. The molecule has 6 heteroatoms. The summed E-state index contributed by atoms with van der Waals surface area (Å²) in [5, 5.41) is 7.38. The Morgan fingerprint density at radius 1 is 1.19 bits per heavy atom. The number of hydrogen-bond acceptors (Lipinski definition) is 2. The Kier molecular flexibility index (Phi) is 5.73. The van der Waals surface area contributed by atoms with Crippen LogP contribution in [0.1, 0.15) is 26.7 Å². The SMILES string of the molecule is CC(C)NC1CCN(C(=O)Nc2cc(Cl)cc(Cl)c2)CC1. The van der Waals surface area contributed by atoms with E-state index in [2.05, 4.69) is 24.5 Å². The van der Waals surface area contributed by atoms with Gasteiger partial charge in [-0.25, -0.2) is 4.79 Å². The van der Waals surface area contributed by atoms with Gasteiger partial charge in [-0.15, -0.1) is 0 Å². The summed E-state index contributed by atoms with van der Waals surface area (Å²) in [5.41, 5.74) is 0.625. The Morgan fingerprint density at radius 2 is 1.76 bits per heavy atom. The molecule has 0 atom stereocenters. The van der Waals surface area contributed by atoms with Gasteiger partial charge in [-0.05, 0) is 31.0 Å². The quantitative estimate of drug-likeness (QED) is 0.880. The number of hydrogen-bond donors (Lipinski definition) is 2. The number of likely N-dealkylation sites (tertiary alicyclic amines) is 1. The number of amides is 2. The topological polar surface area (TPSA) is 44.4 Å². The molecule has 4 nitrogen and oxygen atoms in total. The molecule has 0 bridgehead atoms. The van der Waals surface area contributed by atoms with Gasteiger partial charge in [-0.2, -0.15) is 0 Å². The molecule has 0 aromatic heterocycles. The van der Waals surface area contributed by atoms with Crippen LogP contribution >= 0.6 is 23.2 Å². The van der Waals surface area contributed by atoms with E-state index in [1.165, 1.54) is 0 Å². The molecule has 1 aliphatic heterocycles. The number of benzene rings is 1. The Hall–Kier alpha value is -0.970. The summed E-state index contributed by atoms with van der Waals surface area (Å²) in [5.74, 6) is 0. The maximum Gasteiger partial charge on any atom is 0.321 e. The molecule has 0 radical (unpaired) electrons. The van der Waals surface area contributed by atoms with Crippen LogP contribution in [0.5, 0.6) is 0 Å². The molecular weight excluding hydrogens is 309 g/mol. The van der Waals surface area contributed by atoms with E-state index in [9.17, 15) is 4.79 Å². The average molecular weight is 330 g/mol. The standard InChI is InChI=1S/C15H21Cl2N3O/c1-10(2)18-13-3-5-20(6-4-13)15(21)19-14-8-11(16)7-12(17)9-14/h7-10,13,18H,3-6H2,1-2H3,(H,19,21). The van der Waals surface area contributed by atoms with Gasteiger partial charge >= 0.3 is 6.03 Å². The van der Waals surface area contributed by atoms with Gasteiger partial charge in [0.05, 0.1) is 0 Å². The van der Waals surface area contributed by atoms with E-state index in [1.54, 1.807) is 18.2 Å². The van der Waals surface area contributed by atoms with Crippen molar-refractivity contribution in [3.63, 3.8) is 0 Å². The van der Waals surface area contributed by atoms with Crippen LogP contribution in [0.15, 0.2) is 18.2 Å². The highest BCUT2D eigenvalue weighted by molar-refractivity contribution is 6.35. The predicted octanol–water partition coefficient (Wildman–Crippen LogP) is 3.99. The van der Waals surface area contributed by atoms with E-state index in [1.807, 2.05) is 4.90 Å². The van der Waals surface area contributed by atoms with Crippen LogP contribution in [0.3, 0.4) is 0 Å². The molecule has 2 rings (SSSR count). The number of urea groups is 1. The van der Waals surface area contributed by atoms with Gasteiger partial charge in [0.2, 0.25) is 0 Å². The summed E-state index contributed by atoms with van der Waals surface area (Å²) in [6, 6.07) is 5.90. The summed E-state index contributed by atoms with van der Waals surface area (Å²) in [4.78, 5) is 14.1. The van der Waals surface area contributed by atoms with Crippen molar-refractivity contribution in [2.75, 3.05) is 18.4 Å². The molecule has 0 aliphatic carbocycles. The molecule has 1 aliphatic rings. The van der Waals surface area contributed by atoms with E-state index in [0.717, 1.165) is 25.9 Å². The smallest absolute Gasteiger partial charge is 0.321 e. The highest BCUT2D eigenvalue weighted by Gasteiger charge is 2.23. The van der Waals surface area contributed by atoms with Crippen molar-refractivity contribution >= 4 is 34.9 Å². The molecule has 0 saturated carbocycles. The van der Waals surface area contributed by atoms with Crippen LogP contribution in [0, 0.1) is 0 Å². The van der Waals surface area contributed by atoms with Gasteiger partial charge in [0.15, 0.2) is 0 Å². The molecule has 2 N–H and O–H groups in total. The first-order valence-corrected chi connectivity index (χ1v) is 7.97. The first-order valence-electron chi connectivity index (χ1n) is 7.22. The van der Waals surface area contributed by atoms with Gasteiger partial charge in [-0.1, -0.05) is 37.0 Å². The summed E-state index contributed by atoms with van der Waals surface area (Å²) >= 11 is 11.9. The Balaban J connectivity index is 1.87. The minimum Gasteiger partial charge on any atom is -0.324 e. The fourth-order valence-corrected chi connectivity index (χ4v) is 3.08. The summed E-state index contributed by atoms with van der Waals surface area (Å²) in [7, 11) is 0. The number of nitrogens with one attached hydrogen (secondary N) is 2. The molecule has 1 aromatic carbocycles. The van der Waals surface area contributed by atoms with Gasteiger partial charge < -0.3 is 15.5 Å². The summed E-state index contributed by atoms with van der Waals surface area (Å²) < 4.78 is 0. The first kappa shape index (κ1) is 16.4. The first-order chi connectivity index (χ1) is 9.94. The molecule has 1 aromatic rings. The molecule has 0 spiro atoms. The maximum absolute atomic E-state index is 12.2. The van der Waals surface area contributed by atoms with Crippen molar-refractivity contribution < 1.29 is 4.79 Å². The van der Waals surface area contributed by atoms with E-state index >= 15 is 0 Å². The largest absolute Gasteiger partial charge is 0.324 e. The van der Waals surface area contributed by atoms with Crippen LogP contribution in [-0.2, 0) is 0 Å². The van der Waals surface area contributed by atoms with E-state index in [4.69, 9.17) is 23.2 Å². The molecule has 1 heterocycles. The number of anilines is 1. The second kappa shape index (κ2) is 7.34. The number of carbonyl (C=O) groups is 1. The van der Waals surface area contributed by atoms with Crippen molar-refractivity contribution in [2.45, 2.75) is 38.8 Å². The van der Waals surface area contributed by atoms with E-state index in [-0.39, 0.29) is 6.03 Å². The van der Waals surface area contributed by atoms with Crippen molar-refractivity contribution in [1.82, 2.24) is 10.2 Å². The zero-order chi connectivity index (χ0) is 15.4. The monoisotopic (exact) mass is 329 g/mol. The van der Waals surface area contributed by atoms with Crippen molar-refractivity contribution in [2.24, 2.45) is 0 Å². The molecular formula is C15H21Cl2N3O. The molecule has 0 unspecified atom stereocenters. The lowest BCUT2D eigenvalue weighted by molar-refractivity contribution is 0.187. The highest BCUT2D eigenvalue weighted by Crippen LogP contribution is 2.23. The third-order valence-corrected chi connectivity index (χ3v) is 3.90. The van der Waals surface area contributed by atoms with Crippen molar-refractivity contribution in [1.29, 1.82) is 0 Å². The third kappa shape index (κ3) is 5.06.